The summed E-state index contributed by atoms with van der Waals surface area (Å²) >= 11 is 0. The Morgan fingerprint density at radius 3 is 2.90 bits per heavy atom. The zero-order valence-electron chi connectivity index (χ0n) is 23.0. The van der Waals surface area contributed by atoms with E-state index < -0.39 is 23.9 Å². The predicted octanol–water partition coefficient (Wildman–Crippen LogP) is 4.39. The first-order valence-electron chi connectivity index (χ1n) is 14.3. The number of pyridine rings is 2. The molecular weight excluding hydrogens is 537 g/mol. The second-order valence-electron chi connectivity index (χ2n) is 11.3. The third-order valence-corrected chi connectivity index (χ3v) is 8.73. The molecule has 0 spiro atoms. The average Bonchev–Trinajstić information content (AvgIpc) is 3.40. The average molecular weight is 577 g/mol. The lowest BCUT2D eigenvalue weighted by molar-refractivity contribution is -0.143. The van der Waals surface area contributed by atoms with Gasteiger partial charge in [0.1, 0.15) is 18.0 Å². The van der Waals surface area contributed by atoms with Crippen LogP contribution in [0, 0.1) is 5.92 Å². The third-order valence-electron chi connectivity index (χ3n) is 8.42. The van der Waals surface area contributed by atoms with Crippen molar-refractivity contribution >= 4 is 26.3 Å². The molecule has 5 rings (SSSR count). The van der Waals surface area contributed by atoms with Gasteiger partial charge in [0, 0.05) is 62.8 Å². The van der Waals surface area contributed by atoms with Crippen molar-refractivity contribution < 1.29 is 28.2 Å². The third kappa shape index (κ3) is 6.72. The Hall–Kier alpha value is -2.42. The van der Waals surface area contributed by atoms with E-state index in [9.17, 15) is 9.90 Å². The smallest absolute Gasteiger partial charge is 0.325 e. The fourth-order valence-electron chi connectivity index (χ4n) is 5.98. The number of unbranched alkanes of at least 4 members (excludes halogenated alkanes) is 1. The largest absolute Gasteiger partial charge is 0.480 e. The van der Waals surface area contributed by atoms with Crippen LogP contribution in [0.15, 0.2) is 24.4 Å². The fraction of sp³-hybridized carbons (Fsp3) is 0.621. The summed E-state index contributed by atoms with van der Waals surface area (Å²) in [5.41, 5.74) is 2.54. The second-order valence-corrected chi connectivity index (χ2v) is 11.9. The molecule has 3 unspecified atom stereocenters. The molecule has 2 aromatic heterocycles. The summed E-state index contributed by atoms with van der Waals surface area (Å²) in [5.74, 6) is -3.69. The van der Waals surface area contributed by atoms with E-state index in [4.69, 9.17) is 9.47 Å². The van der Waals surface area contributed by atoms with Gasteiger partial charge < -0.3 is 19.9 Å². The number of likely N-dealkylation sites (tertiary alicyclic amines) is 1. The topological polar surface area (TPSA) is 96.8 Å². The molecule has 2 aliphatic heterocycles. The number of carboxylic acid groups (broad SMARTS) is 1. The maximum absolute atomic E-state index is 15.3. The van der Waals surface area contributed by atoms with Crippen LogP contribution in [0.3, 0.4) is 0 Å². The van der Waals surface area contributed by atoms with Crippen LogP contribution in [0.4, 0.5) is 14.6 Å². The number of carbonyl (C=O) groups is 1. The molecule has 218 valence electrons. The van der Waals surface area contributed by atoms with E-state index in [0.717, 1.165) is 30.9 Å². The molecule has 0 aromatic carbocycles. The number of halogens is 2. The van der Waals surface area contributed by atoms with E-state index in [1.807, 2.05) is 6.07 Å². The number of aryl methyl sites for hydroxylation is 2. The van der Waals surface area contributed by atoms with Gasteiger partial charge >= 0.3 is 5.97 Å². The van der Waals surface area contributed by atoms with Crippen LogP contribution in [-0.2, 0) is 22.4 Å². The molecule has 0 bridgehead atoms. The van der Waals surface area contributed by atoms with Crippen LogP contribution in [-0.4, -0.2) is 70.8 Å². The van der Waals surface area contributed by atoms with Crippen molar-refractivity contribution in [3.63, 3.8) is 0 Å². The fourth-order valence-corrected chi connectivity index (χ4v) is 6.23. The standard InChI is InChI=1S/C29H39F2N4O4P/c1-38-21-13-22(14-21)39-27-24(15-23(40)16-33-27)25(28(36)37)35-12-9-19(17-35)29(30,31)10-3-2-6-20-8-7-18-5-4-11-32-26(18)34-20/h7-8,15-16,19,21-22,25H,2-6,9-14,17,40H2,1H3,(H,32,34)(H,36,37)/t19?,21-,22+,25?. The lowest BCUT2D eigenvalue weighted by Crippen LogP contribution is -2.40. The molecule has 4 heterocycles. The summed E-state index contributed by atoms with van der Waals surface area (Å²) in [6.07, 6.45) is 6.86. The molecule has 1 saturated carbocycles. The van der Waals surface area contributed by atoms with Gasteiger partial charge in [0.05, 0.1) is 6.10 Å². The van der Waals surface area contributed by atoms with Crippen molar-refractivity contribution in [2.24, 2.45) is 5.92 Å². The highest BCUT2D eigenvalue weighted by atomic mass is 31.0. The van der Waals surface area contributed by atoms with Crippen molar-refractivity contribution in [2.75, 3.05) is 32.1 Å². The van der Waals surface area contributed by atoms with Crippen LogP contribution in [0.5, 0.6) is 5.88 Å². The Labute approximate surface area is 236 Å². The van der Waals surface area contributed by atoms with Crippen molar-refractivity contribution in [1.29, 1.82) is 0 Å². The molecule has 1 aliphatic carbocycles. The minimum Gasteiger partial charge on any atom is -0.480 e. The van der Waals surface area contributed by atoms with Gasteiger partial charge in [0.2, 0.25) is 5.88 Å². The highest BCUT2D eigenvalue weighted by Gasteiger charge is 2.46. The Kier molecular flexibility index (Phi) is 9.18. The highest BCUT2D eigenvalue weighted by Crippen LogP contribution is 2.41. The Morgan fingerprint density at radius 2 is 2.12 bits per heavy atom. The van der Waals surface area contributed by atoms with Gasteiger partial charge in [-0.2, -0.15) is 0 Å². The number of nitrogens with zero attached hydrogens (tertiary/aromatic N) is 3. The number of aromatic nitrogens is 2. The number of aliphatic carboxylic acids is 1. The zero-order valence-corrected chi connectivity index (χ0v) is 24.1. The Balaban J connectivity index is 1.18. The van der Waals surface area contributed by atoms with Gasteiger partial charge in [0.15, 0.2) is 0 Å². The van der Waals surface area contributed by atoms with Crippen molar-refractivity contribution in [3.8, 4) is 5.88 Å². The summed E-state index contributed by atoms with van der Waals surface area (Å²) in [6.45, 7) is 1.20. The number of rotatable bonds is 12. The molecule has 1 saturated heterocycles. The molecule has 0 amide bonds. The molecular formula is C29H39F2N4O4P. The number of alkyl halides is 2. The number of anilines is 1. The van der Waals surface area contributed by atoms with Crippen LogP contribution >= 0.6 is 9.24 Å². The summed E-state index contributed by atoms with van der Waals surface area (Å²) in [6, 6.07) is 4.70. The van der Waals surface area contributed by atoms with Crippen molar-refractivity contribution in [1.82, 2.24) is 14.9 Å². The van der Waals surface area contributed by atoms with Crippen molar-refractivity contribution in [2.45, 2.75) is 82.0 Å². The van der Waals surface area contributed by atoms with Crippen LogP contribution in [0.2, 0.25) is 0 Å². The van der Waals surface area contributed by atoms with E-state index in [2.05, 4.69) is 30.6 Å². The molecule has 8 nitrogen and oxygen atoms in total. The number of carboxylic acids is 1. The Morgan fingerprint density at radius 1 is 1.30 bits per heavy atom. The van der Waals surface area contributed by atoms with Gasteiger partial charge in [-0.15, -0.1) is 9.24 Å². The van der Waals surface area contributed by atoms with Crippen LogP contribution in [0.25, 0.3) is 0 Å². The zero-order chi connectivity index (χ0) is 28.3. The Bertz CT molecular complexity index is 1200. The predicted molar refractivity (Wildman–Crippen MR) is 152 cm³/mol. The monoisotopic (exact) mass is 576 g/mol. The first-order valence-corrected chi connectivity index (χ1v) is 14.8. The van der Waals surface area contributed by atoms with Crippen molar-refractivity contribution in [3.05, 3.63) is 41.2 Å². The number of nitrogens with one attached hydrogen (secondary N) is 1. The molecule has 3 atom stereocenters. The first kappa shape index (κ1) is 29.1. The molecule has 2 fully saturated rings. The first-order chi connectivity index (χ1) is 19.2. The molecule has 11 heteroatoms. The summed E-state index contributed by atoms with van der Waals surface area (Å²) < 4.78 is 42.0. The van der Waals surface area contributed by atoms with E-state index in [1.165, 1.54) is 5.56 Å². The lowest BCUT2D eigenvalue weighted by Gasteiger charge is -2.35. The van der Waals surface area contributed by atoms with E-state index in [1.54, 1.807) is 24.3 Å². The number of fused-ring (bicyclic) bond motifs is 1. The van der Waals surface area contributed by atoms with Gasteiger partial charge in [-0.05, 0) is 68.1 Å². The van der Waals surface area contributed by atoms with Crippen LogP contribution < -0.4 is 15.4 Å². The van der Waals surface area contributed by atoms with Gasteiger partial charge in [0.25, 0.3) is 5.92 Å². The number of hydrogen-bond acceptors (Lipinski definition) is 7. The maximum atomic E-state index is 15.3. The second kappa shape index (κ2) is 12.6. The summed E-state index contributed by atoms with van der Waals surface area (Å²) in [5, 5.41) is 14.2. The van der Waals surface area contributed by atoms with Crippen LogP contribution in [0.1, 0.15) is 67.8 Å². The minimum absolute atomic E-state index is 0.0116. The SMILES string of the molecule is CO[C@H]1C[C@@H](Oc2ncc(P)cc2C(C(=O)O)N2CCC(C(F)(F)CCCCc3ccc4c(n3)NCCC4)C2)C1. The lowest BCUT2D eigenvalue weighted by atomic mass is 9.92. The normalized spacial score (nSPS) is 23.6. The maximum Gasteiger partial charge on any atom is 0.325 e. The molecule has 40 heavy (non-hydrogen) atoms. The van der Waals surface area contributed by atoms with Gasteiger partial charge in [-0.1, -0.05) is 6.07 Å². The van der Waals surface area contributed by atoms with E-state index in [-0.39, 0.29) is 44.0 Å². The minimum atomic E-state index is -2.87. The number of methoxy groups -OCH3 is 1. The number of hydrogen-bond donors (Lipinski definition) is 2. The van der Waals surface area contributed by atoms with E-state index >= 15 is 8.78 Å². The quantitative estimate of drug-likeness (QED) is 0.284. The molecule has 0 radical (unpaired) electrons. The summed E-state index contributed by atoms with van der Waals surface area (Å²) in [4.78, 5) is 23.1. The molecule has 2 aromatic rings. The van der Waals surface area contributed by atoms with Gasteiger partial charge in [-0.3, -0.25) is 9.69 Å². The number of ether oxygens (including phenoxy) is 2. The summed E-state index contributed by atoms with van der Waals surface area (Å²) in [7, 11) is 4.17. The molecule has 2 N–H and O–H groups in total. The van der Waals surface area contributed by atoms with E-state index in [0.29, 0.717) is 43.0 Å². The highest BCUT2D eigenvalue weighted by molar-refractivity contribution is 7.27. The molecule has 3 aliphatic rings. The van der Waals surface area contributed by atoms with Gasteiger partial charge in [-0.25, -0.2) is 18.7 Å².